The first-order chi connectivity index (χ1) is 12.6. The first-order valence-corrected chi connectivity index (χ1v) is 9.02. The Balaban J connectivity index is 1.45. The minimum Gasteiger partial charge on any atom is -0.493 e. The fourth-order valence-corrected chi connectivity index (χ4v) is 3.60. The molecule has 0 spiro atoms. The molecular formula is C21H23N3O2. The van der Waals surface area contributed by atoms with E-state index in [9.17, 15) is 4.79 Å². The number of nitrogens with one attached hydrogen (secondary N) is 1. The summed E-state index contributed by atoms with van der Waals surface area (Å²) >= 11 is 0. The topological polar surface area (TPSA) is 55.6 Å². The first kappa shape index (κ1) is 16.6. The number of para-hydroxylation sites is 1. The molecular weight excluding hydrogens is 326 g/mol. The number of pyridine rings is 1. The lowest BCUT2D eigenvalue weighted by atomic mass is 9.77. The average Bonchev–Trinajstić information content (AvgIpc) is 3.06. The van der Waals surface area contributed by atoms with Crippen molar-refractivity contribution in [1.82, 2.24) is 14.7 Å². The van der Waals surface area contributed by atoms with Gasteiger partial charge in [0.25, 0.3) is 0 Å². The number of carbonyl (C=O) groups is 1. The Kier molecular flexibility index (Phi) is 4.15. The Morgan fingerprint density at radius 3 is 2.96 bits per heavy atom. The van der Waals surface area contributed by atoms with E-state index in [0.29, 0.717) is 26.0 Å². The minimum absolute atomic E-state index is 0.0493. The van der Waals surface area contributed by atoms with Crippen LogP contribution in [-0.4, -0.2) is 28.4 Å². The van der Waals surface area contributed by atoms with Crippen molar-refractivity contribution in [3.05, 3.63) is 65.6 Å². The molecule has 1 aliphatic rings. The number of rotatable bonds is 4. The molecule has 5 heteroatoms. The zero-order valence-electron chi connectivity index (χ0n) is 15.2. The molecule has 134 valence electrons. The number of aromatic nitrogens is 2. The van der Waals surface area contributed by atoms with Crippen LogP contribution in [-0.2, 0) is 16.6 Å². The lowest BCUT2D eigenvalue weighted by Crippen LogP contribution is -2.45. The molecule has 1 aliphatic heterocycles. The Morgan fingerprint density at radius 1 is 1.27 bits per heavy atom. The Bertz CT molecular complexity index is 963. The molecule has 1 aromatic carbocycles. The number of hydrogen-bond acceptors (Lipinski definition) is 3. The van der Waals surface area contributed by atoms with Crippen LogP contribution >= 0.6 is 0 Å². The standard InChI is InChI=1S/C21H23N3O2/c1-15-6-5-9-19-23-16(14-24(15)19)10-12-22-20(25)21(2)11-13-26-18-8-4-3-7-17(18)21/h3-9,14H,10-13H2,1-2H3,(H,22,25). The number of ether oxygens (including phenoxy) is 1. The van der Waals surface area contributed by atoms with Gasteiger partial charge in [0.15, 0.2) is 0 Å². The summed E-state index contributed by atoms with van der Waals surface area (Å²) in [5.74, 6) is 0.862. The minimum atomic E-state index is -0.551. The monoisotopic (exact) mass is 349 g/mol. The molecule has 3 aromatic rings. The van der Waals surface area contributed by atoms with Gasteiger partial charge in [-0.15, -0.1) is 0 Å². The SMILES string of the molecule is Cc1cccc2nc(CCNC(=O)C3(C)CCOc4ccccc43)cn12. The molecule has 3 heterocycles. The van der Waals surface area contributed by atoms with E-state index in [1.54, 1.807) is 0 Å². The molecule has 1 N–H and O–H groups in total. The lowest BCUT2D eigenvalue weighted by molar-refractivity contribution is -0.127. The van der Waals surface area contributed by atoms with Crippen LogP contribution in [0.5, 0.6) is 5.75 Å². The van der Waals surface area contributed by atoms with Crippen molar-refractivity contribution in [3.8, 4) is 5.75 Å². The van der Waals surface area contributed by atoms with Crippen LogP contribution < -0.4 is 10.1 Å². The van der Waals surface area contributed by atoms with E-state index < -0.39 is 5.41 Å². The summed E-state index contributed by atoms with van der Waals surface area (Å²) in [4.78, 5) is 17.5. The Labute approximate surface area is 153 Å². The van der Waals surface area contributed by atoms with Crippen LogP contribution in [0.2, 0.25) is 0 Å². The number of carbonyl (C=O) groups excluding carboxylic acids is 1. The number of benzene rings is 1. The van der Waals surface area contributed by atoms with Crippen molar-refractivity contribution in [1.29, 1.82) is 0 Å². The van der Waals surface area contributed by atoms with Gasteiger partial charge in [0.05, 0.1) is 17.7 Å². The number of fused-ring (bicyclic) bond motifs is 2. The maximum absolute atomic E-state index is 12.9. The third kappa shape index (κ3) is 2.83. The van der Waals surface area contributed by atoms with Crippen molar-refractivity contribution < 1.29 is 9.53 Å². The van der Waals surface area contributed by atoms with Crippen molar-refractivity contribution in [3.63, 3.8) is 0 Å². The van der Waals surface area contributed by atoms with E-state index in [-0.39, 0.29) is 5.91 Å². The van der Waals surface area contributed by atoms with Crippen molar-refractivity contribution in [2.24, 2.45) is 0 Å². The molecule has 0 radical (unpaired) electrons. The predicted molar refractivity (Wildman–Crippen MR) is 101 cm³/mol. The van der Waals surface area contributed by atoms with E-state index in [1.807, 2.05) is 49.5 Å². The van der Waals surface area contributed by atoms with E-state index in [0.717, 1.165) is 28.3 Å². The molecule has 0 saturated heterocycles. The van der Waals surface area contributed by atoms with Gasteiger partial charge in [0.1, 0.15) is 11.4 Å². The van der Waals surface area contributed by atoms with Gasteiger partial charge in [-0.1, -0.05) is 24.3 Å². The number of hydrogen-bond donors (Lipinski definition) is 1. The van der Waals surface area contributed by atoms with Gasteiger partial charge in [0, 0.05) is 30.4 Å². The van der Waals surface area contributed by atoms with Gasteiger partial charge in [-0.2, -0.15) is 0 Å². The highest BCUT2D eigenvalue weighted by atomic mass is 16.5. The number of amides is 1. The molecule has 5 nitrogen and oxygen atoms in total. The maximum Gasteiger partial charge on any atom is 0.230 e. The van der Waals surface area contributed by atoms with E-state index in [1.165, 1.54) is 0 Å². The maximum atomic E-state index is 12.9. The summed E-state index contributed by atoms with van der Waals surface area (Å²) in [6.07, 6.45) is 3.44. The molecule has 4 rings (SSSR count). The second-order valence-electron chi connectivity index (χ2n) is 7.06. The van der Waals surface area contributed by atoms with E-state index in [2.05, 4.69) is 27.7 Å². The Hall–Kier alpha value is -2.82. The van der Waals surface area contributed by atoms with E-state index in [4.69, 9.17) is 4.74 Å². The van der Waals surface area contributed by atoms with Crippen LogP contribution in [0.3, 0.4) is 0 Å². The largest absolute Gasteiger partial charge is 0.493 e. The molecule has 0 saturated carbocycles. The molecule has 0 bridgehead atoms. The lowest BCUT2D eigenvalue weighted by Gasteiger charge is -2.34. The fraction of sp³-hybridized carbons (Fsp3) is 0.333. The number of imidazole rings is 1. The molecule has 1 atom stereocenters. The van der Waals surface area contributed by atoms with Gasteiger partial charge in [-0.25, -0.2) is 4.98 Å². The zero-order valence-corrected chi connectivity index (χ0v) is 15.2. The highest BCUT2D eigenvalue weighted by Crippen LogP contribution is 2.38. The highest BCUT2D eigenvalue weighted by molar-refractivity contribution is 5.88. The summed E-state index contributed by atoms with van der Waals surface area (Å²) in [7, 11) is 0. The summed E-state index contributed by atoms with van der Waals surface area (Å²) in [6, 6.07) is 13.9. The second-order valence-corrected chi connectivity index (χ2v) is 7.06. The van der Waals surface area contributed by atoms with Crippen LogP contribution in [0.4, 0.5) is 0 Å². The van der Waals surface area contributed by atoms with Crippen molar-refractivity contribution in [2.45, 2.75) is 32.1 Å². The van der Waals surface area contributed by atoms with Gasteiger partial charge in [0.2, 0.25) is 5.91 Å². The van der Waals surface area contributed by atoms with Gasteiger partial charge in [-0.3, -0.25) is 4.79 Å². The van der Waals surface area contributed by atoms with Crippen molar-refractivity contribution >= 4 is 11.6 Å². The summed E-state index contributed by atoms with van der Waals surface area (Å²) in [5, 5.41) is 3.10. The summed E-state index contributed by atoms with van der Waals surface area (Å²) in [6.45, 7) is 5.19. The molecule has 2 aromatic heterocycles. The molecule has 26 heavy (non-hydrogen) atoms. The van der Waals surface area contributed by atoms with Gasteiger partial charge < -0.3 is 14.5 Å². The third-order valence-electron chi connectivity index (χ3n) is 5.25. The second kappa shape index (κ2) is 6.48. The summed E-state index contributed by atoms with van der Waals surface area (Å²) in [5.41, 5.74) is 3.49. The van der Waals surface area contributed by atoms with Gasteiger partial charge in [-0.05, 0) is 38.5 Å². The summed E-state index contributed by atoms with van der Waals surface area (Å²) < 4.78 is 7.77. The predicted octanol–water partition coefficient (Wildman–Crippen LogP) is 3.04. The van der Waals surface area contributed by atoms with Crippen LogP contribution in [0.15, 0.2) is 48.7 Å². The van der Waals surface area contributed by atoms with Crippen LogP contribution in [0.1, 0.15) is 30.3 Å². The van der Waals surface area contributed by atoms with E-state index >= 15 is 0 Å². The fourth-order valence-electron chi connectivity index (χ4n) is 3.60. The number of nitrogens with zero attached hydrogens (tertiary/aromatic N) is 2. The quantitative estimate of drug-likeness (QED) is 0.788. The molecule has 1 unspecified atom stereocenters. The smallest absolute Gasteiger partial charge is 0.230 e. The first-order valence-electron chi connectivity index (χ1n) is 9.02. The zero-order chi connectivity index (χ0) is 18.1. The third-order valence-corrected chi connectivity index (χ3v) is 5.25. The molecule has 1 amide bonds. The highest BCUT2D eigenvalue weighted by Gasteiger charge is 2.39. The van der Waals surface area contributed by atoms with Crippen molar-refractivity contribution in [2.75, 3.05) is 13.2 Å². The van der Waals surface area contributed by atoms with Gasteiger partial charge >= 0.3 is 0 Å². The normalized spacial score (nSPS) is 19.0. The Morgan fingerprint density at radius 2 is 2.12 bits per heavy atom. The molecule has 0 fully saturated rings. The number of aryl methyl sites for hydroxylation is 1. The van der Waals surface area contributed by atoms with Crippen LogP contribution in [0, 0.1) is 6.92 Å². The average molecular weight is 349 g/mol. The van der Waals surface area contributed by atoms with Crippen LogP contribution in [0.25, 0.3) is 5.65 Å². The molecule has 0 aliphatic carbocycles.